The Morgan fingerprint density at radius 1 is 1.40 bits per heavy atom. The lowest BCUT2D eigenvalue weighted by Crippen LogP contribution is -2.09. The van der Waals surface area contributed by atoms with Crippen molar-refractivity contribution in [3.05, 3.63) is 39.4 Å². The smallest absolute Gasteiger partial charge is 0.114 e. The predicted molar refractivity (Wildman–Crippen MR) is 66.8 cm³/mol. The second kappa shape index (κ2) is 5.13. The van der Waals surface area contributed by atoms with Crippen LogP contribution in [0.15, 0.2) is 23.8 Å². The van der Waals surface area contributed by atoms with Gasteiger partial charge in [0, 0.05) is 15.6 Å². The molecule has 0 atom stereocenters. The summed E-state index contributed by atoms with van der Waals surface area (Å²) in [6.45, 7) is 0. The highest BCUT2D eigenvalue weighted by Crippen LogP contribution is 2.26. The Kier molecular flexibility index (Phi) is 4.10. The number of nitriles is 1. The average Bonchev–Trinajstić information content (AvgIpc) is 2.17. The SMILES string of the molecule is N#CC(=Cc1c(Cl)cccc1Cl)C(N)=S. The second-order valence-electron chi connectivity index (χ2n) is 2.67. The van der Waals surface area contributed by atoms with Crippen molar-refractivity contribution in [2.75, 3.05) is 0 Å². The first kappa shape index (κ1) is 12.0. The average molecular weight is 257 g/mol. The number of nitrogens with zero attached hydrogens (tertiary/aromatic N) is 1. The van der Waals surface area contributed by atoms with Crippen LogP contribution in [0.1, 0.15) is 5.56 Å². The molecule has 1 aromatic carbocycles. The van der Waals surface area contributed by atoms with Gasteiger partial charge in [0.2, 0.25) is 0 Å². The van der Waals surface area contributed by atoms with Crippen LogP contribution >= 0.6 is 35.4 Å². The van der Waals surface area contributed by atoms with Crippen LogP contribution in [0, 0.1) is 11.3 Å². The second-order valence-corrected chi connectivity index (χ2v) is 3.92. The minimum Gasteiger partial charge on any atom is -0.389 e. The standard InChI is InChI=1S/C10H6Cl2N2S/c11-8-2-1-3-9(12)7(8)4-6(5-13)10(14)15/h1-4H,(H2,14,15). The summed E-state index contributed by atoms with van der Waals surface area (Å²) >= 11 is 16.5. The topological polar surface area (TPSA) is 49.8 Å². The third-order valence-corrected chi connectivity index (χ3v) is 2.55. The summed E-state index contributed by atoms with van der Waals surface area (Å²) in [4.78, 5) is 0.0217. The molecule has 1 rings (SSSR count). The van der Waals surface area contributed by atoms with Gasteiger partial charge in [-0.2, -0.15) is 5.26 Å². The number of hydrogen-bond acceptors (Lipinski definition) is 2. The summed E-state index contributed by atoms with van der Waals surface area (Å²) < 4.78 is 0. The summed E-state index contributed by atoms with van der Waals surface area (Å²) in [5, 5.41) is 9.67. The first-order chi connectivity index (χ1) is 7.06. The number of thiocarbonyl (C=S) groups is 1. The molecule has 0 radical (unpaired) electrons. The van der Waals surface area contributed by atoms with E-state index in [-0.39, 0.29) is 10.6 Å². The molecular formula is C10H6Cl2N2S. The molecular weight excluding hydrogens is 251 g/mol. The van der Waals surface area contributed by atoms with Crippen LogP contribution in [0.2, 0.25) is 10.0 Å². The van der Waals surface area contributed by atoms with E-state index in [1.165, 1.54) is 6.08 Å². The van der Waals surface area contributed by atoms with Crippen LogP contribution in [0.25, 0.3) is 6.08 Å². The van der Waals surface area contributed by atoms with E-state index in [9.17, 15) is 0 Å². The van der Waals surface area contributed by atoms with Crippen molar-refractivity contribution in [3.8, 4) is 6.07 Å². The molecule has 1 aromatic rings. The molecule has 0 aliphatic heterocycles. The van der Waals surface area contributed by atoms with E-state index in [1.807, 2.05) is 6.07 Å². The van der Waals surface area contributed by atoms with Crippen LogP contribution in [-0.4, -0.2) is 4.99 Å². The summed E-state index contributed by atoms with van der Waals surface area (Å²) in [6.07, 6.45) is 1.48. The van der Waals surface area contributed by atoms with Crippen molar-refractivity contribution in [2.45, 2.75) is 0 Å². The Balaban J connectivity index is 3.30. The van der Waals surface area contributed by atoms with Gasteiger partial charge in [-0.1, -0.05) is 41.5 Å². The minimum absolute atomic E-state index is 0.0217. The molecule has 2 N–H and O–H groups in total. The largest absolute Gasteiger partial charge is 0.389 e. The highest BCUT2D eigenvalue weighted by molar-refractivity contribution is 7.80. The Bertz CT molecular complexity index is 455. The van der Waals surface area contributed by atoms with E-state index in [0.29, 0.717) is 15.6 Å². The Morgan fingerprint density at radius 2 is 1.93 bits per heavy atom. The van der Waals surface area contributed by atoms with Gasteiger partial charge in [-0.3, -0.25) is 0 Å². The lowest BCUT2D eigenvalue weighted by molar-refractivity contribution is 1.51. The van der Waals surface area contributed by atoms with Gasteiger partial charge in [0.1, 0.15) is 11.1 Å². The first-order valence-corrected chi connectivity index (χ1v) is 5.08. The van der Waals surface area contributed by atoms with Crippen molar-refractivity contribution >= 4 is 46.5 Å². The quantitative estimate of drug-likeness (QED) is 0.503. The van der Waals surface area contributed by atoms with Gasteiger partial charge < -0.3 is 5.73 Å². The first-order valence-electron chi connectivity index (χ1n) is 3.92. The summed E-state index contributed by atoms with van der Waals surface area (Å²) in [6, 6.07) is 6.95. The Hall–Kier alpha value is -1.08. The van der Waals surface area contributed by atoms with Gasteiger partial charge in [-0.25, -0.2) is 0 Å². The molecule has 76 valence electrons. The van der Waals surface area contributed by atoms with Crippen molar-refractivity contribution in [3.63, 3.8) is 0 Å². The number of nitrogens with two attached hydrogens (primary N) is 1. The number of halogens is 2. The molecule has 0 spiro atoms. The van der Waals surface area contributed by atoms with Gasteiger partial charge in [0.05, 0.1) is 5.57 Å². The Labute approximate surface area is 103 Å². The normalized spacial score (nSPS) is 10.9. The molecule has 2 nitrogen and oxygen atoms in total. The van der Waals surface area contributed by atoms with Crippen LogP contribution in [0.4, 0.5) is 0 Å². The zero-order chi connectivity index (χ0) is 11.4. The van der Waals surface area contributed by atoms with E-state index in [4.69, 9.17) is 46.4 Å². The van der Waals surface area contributed by atoms with Crippen LogP contribution < -0.4 is 5.73 Å². The van der Waals surface area contributed by atoms with Gasteiger partial charge >= 0.3 is 0 Å². The maximum absolute atomic E-state index is 8.77. The molecule has 0 fully saturated rings. The number of hydrogen-bond donors (Lipinski definition) is 1. The van der Waals surface area contributed by atoms with Crippen molar-refractivity contribution in [1.29, 1.82) is 5.26 Å². The molecule has 0 aliphatic carbocycles. The van der Waals surface area contributed by atoms with Crippen LogP contribution in [0.5, 0.6) is 0 Å². The molecule has 0 heterocycles. The van der Waals surface area contributed by atoms with Crippen molar-refractivity contribution in [1.82, 2.24) is 0 Å². The summed E-state index contributed by atoms with van der Waals surface area (Å²) in [5.41, 5.74) is 6.08. The maximum Gasteiger partial charge on any atom is 0.114 e. The van der Waals surface area contributed by atoms with E-state index in [0.717, 1.165) is 0 Å². The van der Waals surface area contributed by atoms with Gasteiger partial charge in [0.15, 0.2) is 0 Å². The molecule has 0 amide bonds. The number of benzene rings is 1. The lowest BCUT2D eigenvalue weighted by Gasteiger charge is -2.01. The fraction of sp³-hybridized carbons (Fsp3) is 0. The van der Waals surface area contributed by atoms with Gasteiger partial charge in [0.25, 0.3) is 0 Å². The molecule has 0 bridgehead atoms. The highest BCUT2D eigenvalue weighted by atomic mass is 35.5. The molecule has 0 saturated carbocycles. The van der Waals surface area contributed by atoms with Crippen molar-refractivity contribution < 1.29 is 0 Å². The zero-order valence-corrected chi connectivity index (χ0v) is 9.83. The van der Waals surface area contributed by atoms with Gasteiger partial charge in [-0.05, 0) is 18.2 Å². The van der Waals surface area contributed by atoms with E-state index in [2.05, 4.69) is 0 Å². The zero-order valence-electron chi connectivity index (χ0n) is 7.50. The molecule has 5 heteroatoms. The highest BCUT2D eigenvalue weighted by Gasteiger charge is 2.05. The molecule has 15 heavy (non-hydrogen) atoms. The van der Waals surface area contributed by atoms with E-state index in [1.54, 1.807) is 18.2 Å². The third-order valence-electron chi connectivity index (χ3n) is 1.67. The number of rotatable bonds is 2. The maximum atomic E-state index is 8.77. The predicted octanol–water partition coefficient (Wildman–Crippen LogP) is 3.19. The molecule has 0 unspecified atom stereocenters. The fourth-order valence-corrected chi connectivity index (χ4v) is 1.56. The summed E-state index contributed by atoms with van der Waals surface area (Å²) in [5.74, 6) is 0. The minimum atomic E-state index is 0.0217. The van der Waals surface area contributed by atoms with Crippen molar-refractivity contribution in [2.24, 2.45) is 5.73 Å². The third kappa shape index (κ3) is 2.93. The lowest BCUT2D eigenvalue weighted by atomic mass is 10.1. The molecule has 0 aromatic heterocycles. The van der Waals surface area contributed by atoms with Crippen LogP contribution in [0.3, 0.4) is 0 Å². The molecule has 0 aliphatic rings. The van der Waals surface area contributed by atoms with E-state index >= 15 is 0 Å². The molecule has 0 saturated heterocycles. The monoisotopic (exact) mass is 256 g/mol. The van der Waals surface area contributed by atoms with Gasteiger partial charge in [-0.15, -0.1) is 0 Å². The fourth-order valence-electron chi connectivity index (χ4n) is 0.951. The van der Waals surface area contributed by atoms with Crippen LogP contribution in [-0.2, 0) is 0 Å². The Morgan fingerprint density at radius 3 is 2.33 bits per heavy atom. The van der Waals surface area contributed by atoms with E-state index < -0.39 is 0 Å². The summed E-state index contributed by atoms with van der Waals surface area (Å²) in [7, 11) is 0.